The van der Waals surface area contributed by atoms with Gasteiger partial charge in [-0.2, -0.15) is 6.92 Å². The van der Waals surface area contributed by atoms with Gasteiger partial charge >= 0.3 is 21.1 Å². The number of benzene rings is 2. The number of methoxy groups -OCH3 is 1. The molecule has 1 aliphatic rings. The summed E-state index contributed by atoms with van der Waals surface area (Å²) in [4.78, 5) is 19.0. The number of rotatable bonds is 5. The zero-order valence-electron chi connectivity index (χ0n) is 15.7. The maximum absolute atomic E-state index is 10.3. The van der Waals surface area contributed by atoms with E-state index in [1.54, 1.807) is 7.11 Å². The van der Waals surface area contributed by atoms with Crippen LogP contribution in [0.1, 0.15) is 50.2 Å². The summed E-state index contributed by atoms with van der Waals surface area (Å²) in [7, 11) is 1.69. The van der Waals surface area contributed by atoms with Crippen molar-refractivity contribution < 1.29 is 40.1 Å². The largest absolute Gasteiger partial charge is 2.00 e. The molecule has 0 amide bonds. The summed E-state index contributed by atoms with van der Waals surface area (Å²) in [6.07, 6.45) is 7.52. The van der Waals surface area contributed by atoms with E-state index in [0.717, 1.165) is 18.6 Å². The summed E-state index contributed by atoms with van der Waals surface area (Å²) >= 11 is 0. The molecule has 0 bridgehead atoms. The Hall–Kier alpha value is -1.93. The Morgan fingerprint density at radius 1 is 0.815 bits per heavy atom. The van der Waals surface area contributed by atoms with Gasteiger partial charge in [0.1, 0.15) is 5.75 Å². The Labute approximate surface area is 175 Å². The van der Waals surface area contributed by atoms with Crippen LogP contribution in [0.15, 0.2) is 48.5 Å². The minimum atomic E-state index is 0. The zero-order chi connectivity index (χ0) is 18.8. The van der Waals surface area contributed by atoms with Gasteiger partial charge in [-0.1, -0.05) is 43.5 Å². The quantitative estimate of drug-likeness (QED) is 0.529. The van der Waals surface area contributed by atoms with Crippen LogP contribution in [0, 0.1) is 0 Å². The second kappa shape index (κ2) is 11.7. The van der Waals surface area contributed by atoms with Crippen molar-refractivity contribution in [2.45, 2.75) is 44.4 Å². The Morgan fingerprint density at radius 3 is 1.67 bits per heavy atom. The summed E-state index contributed by atoms with van der Waals surface area (Å²) in [5.74, 6) is 1.41. The summed E-state index contributed by atoms with van der Waals surface area (Å²) in [6.45, 7) is 2.79. The molecule has 0 unspecified atom stereocenters. The van der Waals surface area contributed by atoms with Crippen LogP contribution in [0.25, 0.3) is 0 Å². The molecule has 0 heterocycles. The molecule has 0 radical (unpaired) electrons. The maximum Gasteiger partial charge on any atom is 2.00 e. The SMILES string of the molecule is COc1ccc(C2(c3ccc(O[C-]=O)cc3)CCCCC2)cc1.C[C-]=O.[W+2]. The van der Waals surface area contributed by atoms with Crippen molar-refractivity contribution in [1.29, 1.82) is 0 Å². The van der Waals surface area contributed by atoms with Crippen LogP contribution in [0.2, 0.25) is 0 Å². The smallest absolute Gasteiger partial charge is 0.610 e. The van der Waals surface area contributed by atoms with Gasteiger partial charge in [-0.05, 0) is 41.9 Å². The number of carbonyl (C=O) groups excluding carboxylic acids is 2. The van der Waals surface area contributed by atoms with E-state index in [1.807, 2.05) is 24.3 Å². The van der Waals surface area contributed by atoms with Crippen molar-refractivity contribution >= 4 is 12.8 Å². The summed E-state index contributed by atoms with van der Waals surface area (Å²) < 4.78 is 10.1. The molecule has 2 aromatic carbocycles. The van der Waals surface area contributed by atoms with E-state index in [0.29, 0.717) is 5.75 Å². The van der Waals surface area contributed by atoms with Crippen LogP contribution in [0.3, 0.4) is 0 Å². The van der Waals surface area contributed by atoms with E-state index in [1.165, 1.54) is 50.1 Å². The Morgan fingerprint density at radius 2 is 1.26 bits per heavy atom. The molecule has 0 aliphatic heterocycles. The first-order chi connectivity index (χ1) is 12.7. The molecule has 0 aromatic heterocycles. The summed E-state index contributed by atoms with van der Waals surface area (Å²) in [5, 5.41) is 0. The van der Waals surface area contributed by atoms with Gasteiger partial charge in [-0.3, -0.25) is 6.29 Å². The molecule has 1 saturated carbocycles. The number of ether oxygens (including phenoxy) is 2. The van der Waals surface area contributed by atoms with Gasteiger partial charge in [-0.15, -0.1) is 12.1 Å². The molecule has 0 N–H and O–H groups in total. The first-order valence-corrected chi connectivity index (χ1v) is 8.78. The van der Waals surface area contributed by atoms with Crippen LogP contribution in [-0.2, 0) is 36.1 Å². The summed E-state index contributed by atoms with van der Waals surface area (Å²) in [5.41, 5.74) is 2.64. The molecule has 3 rings (SSSR count). The molecule has 1 fully saturated rings. The molecule has 142 valence electrons. The third-order valence-corrected chi connectivity index (χ3v) is 4.92. The average molecular weight is 536 g/mol. The monoisotopic (exact) mass is 536 g/mol. The minimum Gasteiger partial charge on any atom is -0.610 e. The fraction of sp³-hybridized carbons (Fsp3) is 0.364. The predicted octanol–water partition coefficient (Wildman–Crippen LogP) is 4.50. The molecule has 27 heavy (non-hydrogen) atoms. The Balaban J connectivity index is 0.000000855. The van der Waals surface area contributed by atoms with Gasteiger partial charge in [-0.25, -0.2) is 0 Å². The van der Waals surface area contributed by atoms with Crippen molar-refractivity contribution in [2.24, 2.45) is 0 Å². The van der Waals surface area contributed by atoms with Crippen molar-refractivity contribution in [1.82, 2.24) is 0 Å². The average Bonchev–Trinajstić information content (AvgIpc) is 2.70. The van der Waals surface area contributed by atoms with Crippen molar-refractivity contribution in [2.75, 3.05) is 7.11 Å². The third kappa shape index (κ3) is 5.77. The van der Waals surface area contributed by atoms with Gasteiger partial charge in [0.2, 0.25) is 0 Å². The van der Waals surface area contributed by atoms with Crippen molar-refractivity contribution in [3.63, 3.8) is 0 Å². The molecule has 1 aliphatic carbocycles. The predicted molar refractivity (Wildman–Crippen MR) is 101 cm³/mol. The minimum absolute atomic E-state index is 0. The first-order valence-electron chi connectivity index (χ1n) is 8.78. The van der Waals surface area contributed by atoms with E-state index < -0.39 is 0 Å². The van der Waals surface area contributed by atoms with Gasteiger partial charge in [0.25, 0.3) is 0 Å². The zero-order valence-corrected chi connectivity index (χ0v) is 18.6. The standard InChI is InChI=1S/C20H21O3.C2H3O.W/c1-22-18-9-5-16(6-10-18)20(13-3-2-4-14-20)17-7-11-19(12-8-17)23-15-21;1-2-3;/h5-12H,2-4,13-14H2,1H3;1H3;/q2*-1;+2. The van der Waals surface area contributed by atoms with Crippen LogP contribution in [0.5, 0.6) is 11.5 Å². The Bertz CT molecular complexity index is 689. The second-order valence-electron chi connectivity index (χ2n) is 6.29. The van der Waals surface area contributed by atoms with E-state index in [2.05, 4.69) is 24.3 Å². The van der Waals surface area contributed by atoms with Crippen molar-refractivity contribution in [3.8, 4) is 11.5 Å². The van der Waals surface area contributed by atoms with E-state index in [4.69, 9.17) is 14.3 Å². The molecular weight excluding hydrogens is 512 g/mol. The van der Waals surface area contributed by atoms with Crippen LogP contribution in [-0.4, -0.2) is 19.9 Å². The fourth-order valence-electron chi connectivity index (χ4n) is 3.70. The fourth-order valence-corrected chi connectivity index (χ4v) is 3.70. The van der Waals surface area contributed by atoms with E-state index in [-0.39, 0.29) is 26.5 Å². The Kier molecular flexibility index (Phi) is 10.0. The molecule has 0 atom stereocenters. The normalized spacial score (nSPS) is 14.6. The topological polar surface area (TPSA) is 52.6 Å². The van der Waals surface area contributed by atoms with Crippen LogP contribution < -0.4 is 9.47 Å². The van der Waals surface area contributed by atoms with Crippen LogP contribution >= 0.6 is 0 Å². The second-order valence-corrected chi connectivity index (χ2v) is 6.29. The summed E-state index contributed by atoms with van der Waals surface area (Å²) in [6, 6.07) is 16.3. The molecule has 4 nitrogen and oxygen atoms in total. The maximum atomic E-state index is 10.3. The van der Waals surface area contributed by atoms with Gasteiger partial charge in [0.05, 0.1) is 7.11 Å². The molecule has 5 heteroatoms. The van der Waals surface area contributed by atoms with Crippen LogP contribution in [0.4, 0.5) is 0 Å². The van der Waals surface area contributed by atoms with E-state index in [9.17, 15) is 4.79 Å². The molecule has 0 spiro atoms. The number of hydrogen-bond donors (Lipinski definition) is 0. The van der Waals surface area contributed by atoms with E-state index >= 15 is 0 Å². The number of hydrogen-bond acceptors (Lipinski definition) is 4. The van der Waals surface area contributed by atoms with Crippen molar-refractivity contribution in [3.05, 3.63) is 59.7 Å². The molecule has 2 aromatic rings. The first kappa shape index (κ1) is 23.1. The van der Waals surface area contributed by atoms with Gasteiger partial charge in [0, 0.05) is 5.41 Å². The van der Waals surface area contributed by atoms with Gasteiger partial charge < -0.3 is 19.1 Å². The molecular formula is C22H24O4W. The molecule has 0 saturated heterocycles. The van der Waals surface area contributed by atoms with Gasteiger partial charge in [0.15, 0.2) is 6.47 Å². The third-order valence-electron chi connectivity index (χ3n) is 4.92.